The molecule has 1 aromatic rings. The van der Waals surface area contributed by atoms with Crippen LogP contribution in [0.5, 0.6) is 0 Å². The minimum Gasteiger partial charge on any atom is -0.461 e. The van der Waals surface area contributed by atoms with Crippen molar-refractivity contribution >= 4 is 33.5 Å². The third-order valence-electron chi connectivity index (χ3n) is 5.28. The molecule has 4 rings (SSSR count). The number of rotatable bonds is 2. The van der Waals surface area contributed by atoms with E-state index in [1.807, 2.05) is 0 Å². The lowest BCUT2D eigenvalue weighted by Crippen LogP contribution is -2.40. The topological polar surface area (TPSA) is 55.4 Å². The number of nitrogens with one attached hydrogen (secondary N) is 1. The van der Waals surface area contributed by atoms with Crippen LogP contribution in [0.25, 0.3) is 0 Å². The molecule has 6 atom stereocenters. The van der Waals surface area contributed by atoms with Gasteiger partial charge >= 0.3 is 12.1 Å². The summed E-state index contributed by atoms with van der Waals surface area (Å²) < 4.78 is 43.7. The van der Waals surface area contributed by atoms with Crippen molar-refractivity contribution < 1.29 is 27.5 Å². The second-order valence-electron chi connectivity index (χ2n) is 6.53. The van der Waals surface area contributed by atoms with Gasteiger partial charge in [-0.2, -0.15) is 13.2 Å². The quantitative estimate of drug-likeness (QED) is 0.609. The molecule has 1 aliphatic heterocycles. The Morgan fingerprint density at radius 2 is 2.04 bits per heavy atom. The Balaban J connectivity index is 1.56. The summed E-state index contributed by atoms with van der Waals surface area (Å²) in [6, 6.07) is 4.49. The van der Waals surface area contributed by atoms with Crippen LogP contribution in [0.2, 0.25) is 0 Å². The number of anilines is 1. The van der Waals surface area contributed by atoms with Crippen LogP contribution in [-0.4, -0.2) is 22.8 Å². The van der Waals surface area contributed by atoms with Crippen molar-refractivity contribution in [2.75, 3.05) is 5.32 Å². The zero-order valence-electron chi connectivity index (χ0n) is 12.2. The molecule has 24 heavy (non-hydrogen) atoms. The van der Waals surface area contributed by atoms with Crippen LogP contribution in [0.3, 0.4) is 0 Å². The van der Waals surface area contributed by atoms with Gasteiger partial charge in [0.25, 0.3) is 0 Å². The van der Waals surface area contributed by atoms with Crippen LogP contribution in [0.1, 0.15) is 12.0 Å². The third kappa shape index (κ3) is 2.26. The standard InChI is InChI=1S/C16H13BrF3NO3/c17-12-8-5-9-11(15(23)24-13(9)12)10(8)14(22)21-7-3-1-2-6(4-7)16(18,19)20/h1-4,8-13H,5H2,(H,21,22)/t8-,9-,10-,11+,12-,13+/m1/s1. The summed E-state index contributed by atoms with van der Waals surface area (Å²) in [5, 5.41) is 2.54. The van der Waals surface area contributed by atoms with Crippen molar-refractivity contribution in [2.24, 2.45) is 23.7 Å². The summed E-state index contributed by atoms with van der Waals surface area (Å²) in [6.45, 7) is 0. The molecule has 0 radical (unpaired) electrons. The Kier molecular flexibility index (Phi) is 3.46. The number of amides is 1. The molecule has 2 saturated carbocycles. The van der Waals surface area contributed by atoms with Gasteiger partial charge in [-0.05, 0) is 30.5 Å². The number of esters is 1. The highest BCUT2D eigenvalue weighted by atomic mass is 79.9. The molecule has 0 spiro atoms. The molecule has 3 fully saturated rings. The molecule has 8 heteroatoms. The van der Waals surface area contributed by atoms with Crippen molar-refractivity contribution in [1.29, 1.82) is 0 Å². The van der Waals surface area contributed by atoms with E-state index in [2.05, 4.69) is 21.2 Å². The lowest BCUT2D eigenvalue weighted by atomic mass is 9.79. The Hall–Kier alpha value is -1.57. The molecule has 1 amide bonds. The highest BCUT2D eigenvalue weighted by Crippen LogP contribution is 2.60. The average Bonchev–Trinajstić information content (AvgIpc) is 3.11. The highest BCUT2D eigenvalue weighted by molar-refractivity contribution is 9.09. The monoisotopic (exact) mass is 403 g/mol. The van der Waals surface area contributed by atoms with Crippen molar-refractivity contribution in [3.05, 3.63) is 29.8 Å². The van der Waals surface area contributed by atoms with Gasteiger partial charge in [0.2, 0.25) is 5.91 Å². The van der Waals surface area contributed by atoms with Crippen LogP contribution in [0, 0.1) is 23.7 Å². The maximum absolute atomic E-state index is 12.8. The zero-order chi connectivity index (χ0) is 17.2. The van der Waals surface area contributed by atoms with Crippen LogP contribution < -0.4 is 5.32 Å². The maximum atomic E-state index is 12.8. The first-order valence-corrected chi connectivity index (χ1v) is 8.51. The minimum absolute atomic E-state index is 0.0177. The first-order valence-electron chi connectivity index (χ1n) is 7.60. The van der Waals surface area contributed by atoms with E-state index >= 15 is 0 Å². The summed E-state index contributed by atoms with van der Waals surface area (Å²) >= 11 is 3.50. The number of hydrogen-bond acceptors (Lipinski definition) is 3. The van der Waals surface area contributed by atoms with Crippen molar-refractivity contribution in [1.82, 2.24) is 0 Å². The molecule has 4 nitrogen and oxygen atoms in total. The molecule has 0 unspecified atom stereocenters. The molecule has 3 aliphatic rings. The van der Waals surface area contributed by atoms with Gasteiger partial charge in [-0.3, -0.25) is 9.59 Å². The third-order valence-corrected chi connectivity index (χ3v) is 6.48. The molecule has 0 aromatic heterocycles. The summed E-state index contributed by atoms with van der Waals surface area (Å²) in [6.07, 6.45) is -3.95. The molecule has 1 saturated heterocycles. The van der Waals surface area contributed by atoms with Gasteiger partial charge in [0, 0.05) is 11.6 Å². The van der Waals surface area contributed by atoms with E-state index in [1.54, 1.807) is 0 Å². The van der Waals surface area contributed by atoms with E-state index in [0.717, 1.165) is 18.6 Å². The first kappa shape index (κ1) is 15.9. The van der Waals surface area contributed by atoms with Gasteiger partial charge < -0.3 is 10.1 Å². The van der Waals surface area contributed by atoms with E-state index < -0.39 is 29.5 Å². The normalized spacial score (nSPS) is 36.8. The highest BCUT2D eigenvalue weighted by Gasteiger charge is 2.67. The predicted octanol–water partition coefficient (Wildman–Crippen LogP) is 3.21. The Bertz CT molecular complexity index is 723. The Morgan fingerprint density at radius 1 is 1.29 bits per heavy atom. The summed E-state index contributed by atoms with van der Waals surface area (Å²) in [7, 11) is 0. The number of carbonyl (C=O) groups excluding carboxylic acids is 2. The molecular weight excluding hydrogens is 391 g/mol. The Labute approximate surface area is 143 Å². The van der Waals surface area contributed by atoms with Crippen molar-refractivity contribution in [3.8, 4) is 0 Å². The van der Waals surface area contributed by atoms with Crippen LogP contribution in [0.4, 0.5) is 18.9 Å². The number of halogens is 4. The zero-order valence-corrected chi connectivity index (χ0v) is 13.8. The van der Waals surface area contributed by atoms with E-state index in [0.29, 0.717) is 0 Å². The summed E-state index contributed by atoms with van der Waals surface area (Å²) in [5.41, 5.74) is -0.751. The van der Waals surface area contributed by atoms with E-state index in [-0.39, 0.29) is 34.4 Å². The van der Waals surface area contributed by atoms with Gasteiger partial charge in [0.1, 0.15) is 6.10 Å². The fourth-order valence-electron chi connectivity index (χ4n) is 4.33. The maximum Gasteiger partial charge on any atom is 0.416 e. The fraction of sp³-hybridized carbons (Fsp3) is 0.500. The Morgan fingerprint density at radius 3 is 2.75 bits per heavy atom. The number of hydrogen-bond donors (Lipinski definition) is 1. The number of ether oxygens (including phenoxy) is 1. The lowest BCUT2D eigenvalue weighted by molar-refractivity contribution is -0.145. The molecular formula is C16H13BrF3NO3. The van der Waals surface area contributed by atoms with Gasteiger partial charge in [-0.25, -0.2) is 0 Å². The van der Waals surface area contributed by atoms with Crippen LogP contribution >= 0.6 is 15.9 Å². The molecule has 2 bridgehead atoms. The van der Waals surface area contributed by atoms with Crippen molar-refractivity contribution in [2.45, 2.75) is 23.5 Å². The SMILES string of the molecule is O=C(Nc1cccc(C(F)(F)F)c1)[C@@H]1[C@H]2C[C@H]3[C@H](OC(=O)[C@@H]31)[C@@H]2Br. The average molecular weight is 404 g/mol. The van der Waals surface area contributed by atoms with Gasteiger partial charge in [-0.15, -0.1) is 0 Å². The number of carbonyl (C=O) groups is 2. The van der Waals surface area contributed by atoms with Crippen LogP contribution in [-0.2, 0) is 20.5 Å². The van der Waals surface area contributed by atoms with Crippen LogP contribution in [0.15, 0.2) is 24.3 Å². The second kappa shape index (κ2) is 5.21. The largest absolute Gasteiger partial charge is 0.461 e. The number of alkyl halides is 4. The van der Waals surface area contributed by atoms with E-state index in [9.17, 15) is 22.8 Å². The van der Waals surface area contributed by atoms with E-state index in [1.165, 1.54) is 12.1 Å². The first-order chi connectivity index (χ1) is 11.3. The fourth-order valence-corrected chi connectivity index (χ4v) is 5.37. The van der Waals surface area contributed by atoms with Gasteiger partial charge in [0.15, 0.2) is 0 Å². The van der Waals surface area contributed by atoms with Crippen molar-refractivity contribution in [3.63, 3.8) is 0 Å². The number of fused-ring (bicyclic) bond motifs is 1. The van der Waals surface area contributed by atoms with E-state index in [4.69, 9.17) is 4.74 Å². The summed E-state index contributed by atoms with van der Waals surface area (Å²) in [5.74, 6) is -1.88. The van der Waals surface area contributed by atoms with Gasteiger partial charge in [-0.1, -0.05) is 22.0 Å². The molecule has 1 heterocycles. The lowest BCUT2D eigenvalue weighted by Gasteiger charge is -2.27. The molecule has 1 N–H and O–H groups in total. The predicted molar refractivity (Wildman–Crippen MR) is 81.2 cm³/mol. The minimum atomic E-state index is -4.48. The molecule has 128 valence electrons. The molecule has 1 aromatic carbocycles. The second-order valence-corrected chi connectivity index (χ2v) is 7.59. The molecule has 2 aliphatic carbocycles. The summed E-state index contributed by atoms with van der Waals surface area (Å²) in [4.78, 5) is 24.6. The smallest absolute Gasteiger partial charge is 0.416 e. The van der Waals surface area contributed by atoms with Gasteiger partial charge in [0.05, 0.1) is 22.2 Å². The number of benzene rings is 1.